The molecule has 0 saturated carbocycles. The number of rotatable bonds is 4. The third-order valence-corrected chi connectivity index (χ3v) is 5.90. The van der Waals surface area contributed by atoms with Gasteiger partial charge < -0.3 is 9.15 Å². The first kappa shape index (κ1) is 18.4. The van der Waals surface area contributed by atoms with Gasteiger partial charge >= 0.3 is 5.97 Å². The van der Waals surface area contributed by atoms with Gasteiger partial charge in [-0.15, -0.1) is 0 Å². The van der Waals surface area contributed by atoms with Crippen molar-refractivity contribution >= 4 is 23.5 Å². The van der Waals surface area contributed by atoms with Crippen LogP contribution in [0.4, 0.5) is 5.69 Å². The van der Waals surface area contributed by atoms with Crippen LogP contribution >= 0.6 is 0 Å². The molecule has 2 aliphatic rings. The molecule has 146 valence electrons. The second-order valence-electron chi connectivity index (χ2n) is 7.30. The van der Waals surface area contributed by atoms with Crippen molar-refractivity contribution in [2.24, 2.45) is 11.8 Å². The zero-order valence-electron chi connectivity index (χ0n) is 16.0. The number of esters is 1. The van der Waals surface area contributed by atoms with Crippen molar-refractivity contribution in [1.82, 2.24) is 5.32 Å². The minimum atomic E-state index is -1.29. The van der Waals surface area contributed by atoms with Gasteiger partial charge in [0.05, 0.1) is 36.9 Å². The summed E-state index contributed by atoms with van der Waals surface area (Å²) in [5.41, 5.74) is 0.238. The Labute approximate surface area is 162 Å². The highest BCUT2D eigenvalue weighted by Gasteiger charge is 2.68. The fourth-order valence-electron chi connectivity index (χ4n) is 4.50. The van der Waals surface area contributed by atoms with Crippen LogP contribution in [0, 0.1) is 18.8 Å². The molecule has 1 N–H and O–H groups in total. The Hall–Kier alpha value is -2.93. The zero-order valence-corrected chi connectivity index (χ0v) is 16.0. The summed E-state index contributed by atoms with van der Waals surface area (Å²) in [5.74, 6) is -2.39. The number of benzene rings is 1. The Balaban J connectivity index is 1.84. The van der Waals surface area contributed by atoms with Crippen LogP contribution in [-0.4, -0.2) is 30.4 Å². The fraction of sp³-hybridized carbons (Fsp3) is 0.381. The molecule has 0 bridgehead atoms. The van der Waals surface area contributed by atoms with Crippen molar-refractivity contribution in [3.8, 4) is 0 Å². The van der Waals surface area contributed by atoms with Gasteiger partial charge in [-0.1, -0.05) is 24.6 Å². The number of fused-ring (bicyclic) bond motifs is 1. The number of nitrogens with zero attached hydrogens (tertiary/aromatic N) is 1. The van der Waals surface area contributed by atoms with E-state index in [9.17, 15) is 14.4 Å². The number of anilines is 1. The lowest BCUT2D eigenvalue weighted by Crippen LogP contribution is -2.55. The molecule has 0 radical (unpaired) electrons. The van der Waals surface area contributed by atoms with Gasteiger partial charge in [0.1, 0.15) is 11.3 Å². The predicted molar refractivity (Wildman–Crippen MR) is 100 cm³/mol. The molecule has 2 aromatic rings. The summed E-state index contributed by atoms with van der Waals surface area (Å²) in [6, 6.07) is 10.0. The number of carbonyl (C=O) groups excluding carboxylic acids is 3. The maximum atomic E-state index is 13.4. The van der Waals surface area contributed by atoms with Gasteiger partial charge in [0.25, 0.3) is 0 Å². The van der Waals surface area contributed by atoms with Gasteiger partial charge in [-0.25, -0.2) is 4.90 Å². The normalized spacial score (nSPS) is 29.2. The standard InChI is InChI=1S/C21H22N2O5/c1-4-21(20(26)27-3)16-15(17(22-21)14-6-5-11-28-14)18(24)23(19(16)25)13-9-7-12(2)8-10-13/h5-11,15-17,22H,4H2,1-3H3/t15-,16+,17-,21+/m0/s1. The van der Waals surface area contributed by atoms with Crippen LogP contribution in [0.5, 0.6) is 0 Å². The van der Waals surface area contributed by atoms with Crippen LogP contribution in [0.25, 0.3) is 0 Å². The van der Waals surface area contributed by atoms with Gasteiger partial charge in [0, 0.05) is 0 Å². The van der Waals surface area contributed by atoms with Crippen molar-refractivity contribution in [2.75, 3.05) is 12.0 Å². The molecular weight excluding hydrogens is 360 g/mol. The zero-order chi connectivity index (χ0) is 20.1. The minimum absolute atomic E-state index is 0.304. The highest BCUT2D eigenvalue weighted by atomic mass is 16.5. The van der Waals surface area contributed by atoms with E-state index < -0.39 is 35.3 Å². The molecule has 2 aliphatic heterocycles. The second-order valence-corrected chi connectivity index (χ2v) is 7.30. The number of carbonyl (C=O) groups is 3. The van der Waals surface area contributed by atoms with Gasteiger partial charge in [0.2, 0.25) is 11.8 Å². The van der Waals surface area contributed by atoms with E-state index in [0.717, 1.165) is 5.56 Å². The Bertz CT molecular complexity index is 921. The van der Waals surface area contributed by atoms with E-state index in [1.807, 2.05) is 19.1 Å². The molecular formula is C21H22N2O5. The summed E-state index contributed by atoms with van der Waals surface area (Å²) in [4.78, 5) is 40.8. The van der Waals surface area contributed by atoms with Crippen LogP contribution < -0.4 is 10.2 Å². The topological polar surface area (TPSA) is 88.8 Å². The van der Waals surface area contributed by atoms with E-state index in [4.69, 9.17) is 9.15 Å². The van der Waals surface area contributed by atoms with Crippen LogP contribution in [-0.2, 0) is 19.1 Å². The molecule has 2 amide bonds. The molecule has 7 nitrogen and oxygen atoms in total. The summed E-state index contributed by atoms with van der Waals surface area (Å²) in [6.07, 6.45) is 1.81. The molecule has 4 atom stereocenters. The predicted octanol–water partition coefficient (Wildman–Crippen LogP) is 2.36. The molecule has 0 spiro atoms. The van der Waals surface area contributed by atoms with Crippen LogP contribution in [0.3, 0.4) is 0 Å². The molecule has 4 rings (SSSR count). The first-order valence-corrected chi connectivity index (χ1v) is 9.28. The van der Waals surface area contributed by atoms with Crippen LogP contribution in [0.1, 0.15) is 30.7 Å². The smallest absolute Gasteiger partial charge is 0.326 e. The number of hydrogen-bond donors (Lipinski definition) is 1. The summed E-state index contributed by atoms with van der Waals surface area (Å²) in [5, 5.41) is 3.21. The lowest BCUT2D eigenvalue weighted by molar-refractivity contribution is -0.152. The maximum absolute atomic E-state index is 13.4. The average Bonchev–Trinajstić information content (AvgIpc) is 3.39. The minimum Gasteiger partial charge on any atom is -0.468 e. The van der Waals surface area contributed by atoms with Crippen molar-refractivity contribution < 1.29 is 23.5 Å². The van der Waals surface area contributed by atoms with Gasteiger partial charge in [-0.2, -0.15) is 0 Å². The van der Waals surface area contributed by atoms with E-state index in [1.165, 1.54) is 18.3 Å². The third kappa shape index (κ3) is 2.43. The molecule has 1 aromatic carbocycles. The fourth-order valence-corrected chi connectivity index (χ4v) is 4.50. The van der Waals surface area contributed by atoms with E-state index in [0.29, 0.717) is 17.9 Å². The van der Waals surface area contributed by atoms with Crippen LogP contribution in [0.15, 0.2) is 47.1 Å². The Morgan fingerprint density at radius 2 is 1.93 bits per heavy atom. The highest BCUT2D eigenvalue weighted by molar-refractivity contribution is 6.24. The molecule has 1 aromatic heterocycles. The van der Waals surface area contributed by atoms with Crippen molar-refractivity contribution in [1.29, 1.82) is 0 Å². The van der Waals surface area contributed by atoms with Crippen LogP contribution in [0.2, 0.25) is 0 Å². The number of hydrogen-bond acceptors (Lipinski definition) is 6. The van der Waals surface area contributed by atoms with Crippen molar-refractivity contribution in [3.63, 3.8) is 0 Å². The molecule has 0 unspecified atom stereocenters. The molecule has 2 saturated heterocycles. The summed E-state index contributed by atoms with van der Waals surface area (Å²) >= 11 is 0. The highest BCUT2D eigenvalue weighted by Crippen LogP contribution is 2.51. The van der Waals surface area contributed by atoms with Crippen molar-refractivity contribution in [3.05, 3.63) is 54.0 Å². The van der Waals surface area contributed by atoms with Crippen molar-refractivity contribution in [2.45, 2.75) is 31.8 Å². The third-order valence-electron chi connectivity index (χ3n) is 5.90. The largest absolute Gasteiger partial charge is 0.468 e. The summed E-state index contributed by atoms with van der Waals surface area (Å²) in [7, 11) is 1.29. The Kier molecular flexibility index (Phi) is 4.34. The van der Waals surface area contributed by atoms with Gasteiger partial charge in [-0.05, 0) is 37.6 Å². The monoisotopic (exact) mass is 382 g/mol. The SMILES string of the molecule is CC[C@@]1(C(=O)OC)N[C@@H](c2ccco2)[C@H]2C(=O)N(c3ccc(C)cc3)C(=O)[C@@H]21. The molecule has 28 heavy (non-hydrogen) atoms. The summed E-state index contributed by atoms with van der Waals surface area (Å²) < 4.78 is 10.5. The second kappa shape index (κ2) is 6.60. The molecule has 2 fully saturated rings. The van der Waals surface area contributed by atoms with E-state index in [1.54, 1.807) is 31.2 Å². The molecule has 3 heterocycles. The Morgan fingerprint density at radius 3 is 2.50 bits per heavy atom. The van der Waals surface area contributed by atoms with Gasteiger partial charge in [-0.3, -0.25) is 19.7 Å². The van der Waals surface area contributed by atoms with E-state index in [-0.39, 0.29) is 5.91 Å². The number of aryl methyl sites for hydroxylation is 1. The number of imide groups is 1. The maximum Gasteiger partial charge on any atom is 0.326 e. The molecule has 0 aliphatic carbocycles. The van der Waals surface area contributed by atoms with Gasteiger partial charge in [0.15, 0.2) is 0 Å². The average molecular weight is 382 g/mol. The first-order chi connectivity index (χ1) is 13.4. The lowest BCUT2D eigenvalue weighted by Gasteiger charge is -2.31. The number of ether oxygens (including phenoxy) is 1. The Morgan fingerprint density at radius 1 is 1.21 bits per heavy atom. The van der Waals surface area contributed by atoms with E-state index in [2.05, 4.69) is 5.32 Å². The van der Waals surface area contributed by atoms with E-state index >= 15 is 0 Å². The number of amides is 2. The quantitative estimate of drug-likeness (QED) is 0.645. The summed E-state index contributed by atoms with van der Waals surface area (Å²) in [6.45, 7) is 3.74. The number of furan rings is 1. The lowest BCUT2D eigenvalue weighted by atomic mass is 9.78. The number of methoxy groups -OCH3 is 1. The first-order valence-electron chi connectivity index (χ1n) is 9.28. The molecule has 7 heteroatoms. The number of nitrogens with one attached hydrogen (secondary N) is 1.